The molecule has 0 aromatic heterocycles. The zero-order valence-electron chi connectivity index (χ0n) is 10.4. The third-order valence-electron chi connectivity index (χ3n) is 2.14. The van der Waals surface area contributed by atoms with Crippen LogP contribution in [0.25, 0.3) is 0 Å². The van der Waals surface area contributed by atoms with Gasteiger partial charge in [0, 0.05) is 0 Å². The van der Waals surface area contributed by atoms with Crippen molar-refractivity contribution in [3.8, 4) is 11.5 Å². The van der Waals surface area contributed by atoms with Crippen LogP contribution in [0.15, 0.2) is 30.0 Å². The normalized spacial score (nSPS) is 10.7. The van der Waals surface area contributed by atoms with E-state index in [1.165, 1.54) is 20.3 Å². The highest BCUT2D eigenvalue weighted by Gasteiger charge is 2.11. The van der Waals surface area contributed by atoms with Crippen LogP contribution in [0.4, 0.5) is 0 Å². The van der Waals surface area contributed by atoms with E-state index >= 15 is 0 Å². The minimum Gasteiger partial charge on any atom is -0.493 e. The molecule has 5 heteroatoms. The molecule has 18 heavy (non-hydrogen) atoms. The lowest BCUT2D eigenvalue weighted by atomic mass is 10.2. The maximum Gasteiger partial charge on any atom is 0.333 e. The Morgan fingerprint density at radius 1 is 1.28 bits per heavy atom. The second-order valence-corrected chi connectivity index (χ2v) is 3.38. The molecule has 5 nitrogen and oxygen atoms in total. The summed E-state index contributed by atoms with van der Waals surface area (Å²) in [6, 6.07) is 4.93. The number of benzene rings is 1. The van der Waals surface area contributed by atoms with Gasteiger partial charge in [-0.05, 0) is 19.1 Å². The van der Waals surface area contributed by atoms with Crippen LogP contribution in [0.5, 0.6) is 11.5 Å². The molecule has 0 saturated heterocycles. The molecule has 1 rings (SSSR count). The molecule has 0 fully saturated rings. The number of allylic oxidation sites excluding steroid dienone is 1. The maximum atomic E-state index is 11.0. The molecular weight excluding hydrogens is 236 g/mol. The van der Waals surface area contributed by atoms with Crippen molar-refractivity contribution in [2.24, 2.45) is 0 Å². The zero-order valence-corrected chi connectivity index (χ0v) is 10.4. The fraction of sp³-hybridized carbons (Fsp3) is 0.231. The monoisotopic (exact) mass is 250 g/mol. The number of hydrogen-bond acceptors (Lipinski definition) is 5. The van der Waals surface area contributed by atoms with Gasteiger partial charge in [-0.2, -0.15) is 0 Å². The highest BCUT2D eigenvalue weighted by atomic mass is 16.5. The van der Waals surface area contributed by atoms with E-state index in [0.29, 0.717) is 23.4 Å². The lowest BCUT2D eigenvalue weighted by Crippen LogP contribution is -2.02. The number of carbonyl (C=O) groups excluding carboxylic acids is 2. The second-order valence-electron chi connectivity index (χ2n) is 3.38. The first-order valence-corrected chi connectivity index (χ1v) is 5.18. The van der Waals surface area contributed by atoms with Crippen molar-refractivity contribution in [2.75, 3.05) is 14.2 Å². The Morgan fingerprint density at radius 2 is 2.00 bits per heavy atom. The standard InChI is InChI=1S/C13H14O5/c1-9(7-12(15)17-3)18-13-10(8-14)5-4-6-11(13)16-2/h4-8H,1-3H3/b9-7-. The van der Waals surface area contributed by atoms with Gasteiger partial charge in [0.05, 0.1) is 25.9 Å². The molecule has 0 saturated carbocycles. The average molecular weight is 250 g/mol. The van der Waals surface area contributed by atoms with E-state index in [-0.39, 0.29) is 5.75 Å². The Hall–Kier alpha value is -2.30. The summed E-state index contributed by atoms with van der Waals surface area (Å²) in [4.78, 5) is 22.0. The maximum absolute atomic E-state index is 11.0. The first-order chi connectivity index (χ1) is 8.62. The Morgan fingerprint density at radius 3 is 2.56 bits per heavy atom. The lowest BCUT2D eigenvalue weighted by molar-refractivity contribution is -0.135. The van der Waals surface area contributed by atoms with E-state index in [0.717, 1.165) is 0 Å². The van der Waals surface area contributed by atoms with Gasteiger partial charge in [-0.15, -0.1) is 0 Å². The van der Waals surface area contributed by atoms with Crippen LogP contribution in [-0.2, 0) is 9.53 Å². The average Bonchev–Trinajstić information content (AvgIpc) is 2.38. The van der Waals surface area contributed by atoms with Crippen molar-refractivity contribution in [1.29, 1.82) is 0 Å². The van der Waals surface area contributed by atoms with Crippen molar-refractivity contribution in [3.63, 3.8) is 0 Å². The van der Waals surface area contributed by atoms with Gasteiger partial charge in [-0.3, -0.25) is 4.79 Å². The van der Waals surface area contributed by atoms with Gasteiger partial charge in [-0.25, -0.2) is 4.79 Å². The topological polar surface area (TPSA) is 61.8 Å². The van der Waals surface area contributed by atoms with E-state index in [2.05, 4.69) is 4.74 Å². The molecule has 1 aromatic rings. The quantitative estimate of drug-likeness (QED) is 0.346. The van der Waals surface area contributed by atoms with Gasteiger partial charge in [0.1, 0.15) is 5.76 Å². The highest BCUT2D eigenvalue weighted by molar-refractivity contribution is 5.83. The summed E-state index contributed by atoms with van der Waals surface area (Å²) in [6.45, 7) is 1.58. The van der Waals surface area contributed by atoms with Crippen molar-refractivity contribution in [2.45, 2.75) is 6.92 Å². The van der Waals surface area contributed by atoms with E-state index in [1.54, 1.807) is 25.1 Å². The lowest BCUT2D eigenvalue weighted by Gasteiger charge is -2.12. The third kappa shape index (κ3) is 3.35. The number of hydrogen-bond donors (Lipinski definition) is 0. The molecular formula is C13H14O5. The van der Waals surface area contributed by atoms with Crippen molar-refractivity contribution < 1.29 is 23.8 Å². The molecule has 0 aliphatic rings. The Bertz CT molecular complexity index is 476. The summed E-state index contributed by atoms with van der Waals surface area (Å²) in [5, 5.41) is 0. The molecule has 0 spiro atoms. The summed E-state index contributed by atoms with van der Waals surface area (Å²) in [5.74, 6) is 0.453. The molecule has 0 radical (unpaired) electrons. The molecule has 0 unspecified atom stereocenters. The Balaban J connectivity index is 3.06. The largest absolute Gasteiger partial charge is 0.493 e. The molecule has 96 valence electrons. The smallest absolute Gasteiger partial charge is 0.333 e. The van der Waals surface area contributed by atoms with Crippen LogP contribution in [0.2, 0.25) is 0 Å². The van der Waals surface area contributed by atoms with E-state index in [1.807, 2.05) is 0 Å². The fourth-order valence-electron chi connectivity index (χ4n) is 1.31. The van der Waals surface area contributed by atoms with Gasteiger partial charge in [0.15, 0.2) is 17.8 Å². The van der Waals surface area contributed by atoms with Gasteiger partial charge in [0.25, 0.3) is 0 Å². The van der Waals surface area contributed by atoms with Crippen molar-refractivity contribution in [3.05, 3.63) is 35.6 Å². The Labute approximate surface area is 105 Å². The van der Waals surface area contributed by atoms with Gasteiger partial charge < -0.3 is 14.2 Å². The number of ether oxygens (including phenoxy) is 3. The van der Waals surface area contributed by atoms with Crippen LogP contribution >= 0.6 is 0 Å². The molecule has 0 N–H and O–H groups in total. The van der Waals surface area contributed by atoms with Gasteiger partial charge in [-0.1, -0.05) is 6.07 Å². The molecule has 0 heterocycles. The molecule has 1 aromatic carbocycles. The van der Waals surface area contributed by atoms with Crippen LogP contribution in [0.3, 0.4) is 0 Å². The first-order valence-electron chi connectivity index (χ1n) is 5.18. The summed E-state index contributed by atoms with van der Waals surface area (Å²) in [6.07, 6.45) is 1.84. The van der Waals surface area contributed by atoms with Crippen molar-refractivity contribution in [1.82, 2.24) is 0 Å². The summed E-state index contributed by atoms with van der Waals surface area (Å²) in [7, 11) is 2.74. The number of rotatable bonds is 5. The van der Waals surface area contributed by atoms with Crippen LogP contribution in [0.1, 0.15) is 17.3 Å². The second kappa shape index (κ2) is 6.44. The van der Waals surface area contributed by atoms with Crippen LogP contribution in [0, 0.1) is 0 Å². The number of aldehydes is 1. The van der Waals surface area contributed by atoms with Gasteiger partial charge >= 0.3 is 5.97 Å². The zero-order chi connectivity index (χ0) is 13.5. The molecule has 0 aliphatic carbocycles. The third-order valence-corrected chi connectivity index (χ3v) is 2.14. The minimum absolute atomic E-state index is 0.271. The molecule has 0 atom stereocenters. The summed E-state index contributed by atoms with van der Waals surface area (Å²) >= 11 is 0. The highest BCUT2D eigenvalue weighted by Crippen LogP contribution is 2.31. The SMILES string of the molecule is COC(=O)/C=C(/C)Oc1c(C=O)cccc1OC. The number of carbonyl (C=O) groups is 2. The predicted octanol–water partition coefficient (Wildman–Crippen LogP) is 1.96. The van der Waals surface area contributed by atoms with E-state index in [4.69, 9.17) is 9.47 Å². The molecule has 0 amide bonds. The van der Waals surface area contributed by atoms with Crippen LogP contribution < -0.4 is 9.47 Å². The fourth-order valence-corrected chi connectivity index (χ4v) is 1.31. The van der Waals surface area contributed by atoms with E-state index < -0.39 is 5.97 Å². The number of para-hydroxylation sites is 1. The summed E-state index contributed by atoms with van der Waals surface area (Å²) < 4.78 is 15.0. The van der Waals surface area contributed by atoms with Crippen molar-refractivity contribution >= 4 is 12.3 Å². The first kappa shape index (κ1) is 13.8. The summed E-state index contributed by atoms with van der Waals surface area (Å²) in [5.41, 5.74) is 0.340. The predicted molar refractivity (Wildman–Crippen MR) is 64.8 cm³/mol. The van der Waals surface area contributed by atoms with E-state index in [9.17, 15) is 9.59 Å². The molecule has 0 bridgehead atoms. The Kier molecular flexibility index (Phi) is 4.92. The number of esters is 1. The number of methoxy groups -OCH3 is 2. The van der Waals surface area contributed by atoms with Gasteiger partial charge in [0.2, 0.25) is 0 Å². The van der Waals surface area contributed by atoms with Crippen LogP contribution in [-0.4, -0.2) is 26.5 Å². The molecule has 0 aliphatic heterocycles. The minimum atomic E-state index is -0.532.